The summed E-state index contributed by atoms with van der Waals surface area (Å²) in [4.78, 5) is 0.378. The molecule has 2 N–H and O–H groups in total. The molecule has 0 unspecified atom stereocenters. The van der Waals surface area contributed by atoms with Crippen molar-refractivity contribution in [2.24, 2.45) is 0 Å². The lowest BCUT2D eigenvalue weighted by Gasteiger charge is -2.20. The van der Waals surface area contributed by atoms with Gasteiger partial charge in [0.25, 0.3) is 0 Å². The quantitative estimate of drug-likeness (QED) is 0.841. The van der Waals surface area contributed by atoms with Crippen molar-refractivity contribution in [2.45, 2.75) is 18.2 Å². The third-order valence-corrected chi connectivity index (χ3v) is 6.11. The third kappa shape index (κ3) is 2.81. The highest BCUT2D eigenvalue weighted by Crippen LogP contribution is 2.23. The summed E-state index contributed by atoms with van der Waals surface area (Å²) in [7, 11) is -3.37. The average Bonchev–Trinajstić information content (AvgIpc) is 2.57. The summed E-state index contributed by atoms with van der Waals surface area (Å²) in [6.45, 7) is 2.99. The van der Waals surface area contributed by atoms with Crippen LogP contribution in [-0.2, 0) is 10.0 Å². The van der Waals surface area contributed by atoms with Crippen LogP contribution in [-0.4, -0.2) is 37.3 Å². The zero-order valence-corrected chi connectivity index (χ0v) is 12.1. The second kappa shape index (κ2) is 5.50. The Hall–Kier alpha value is -0.720. The lowest BCUT2D eigenvalue weighted by Crippen LogP contribution is -2.33. The number of thioether (sulfide) groups is 1. The summed E-state index contributed by atoms with van der Waals surface area (Å²) >= 11 is 1.81. The molecule has 2 rings (SSSR count). The molecule has 1 saturated heterocycles. The molecule has 0 bridgehead atoms. The third-order valence-electron chi connectivity index (χ3n) is 3.00. The fraction of sp³-hybridized carbons (Fsp3) is 0.500. The van der Waals surface area contributed by atoms with Crippen molar-refractivity contribution in [1.82, 2.24) is 4.31 Å². The van der Waals surface area contributed by atoms with Crippen LogP contribution < -0.4 is 5.73 Å². The van der Waals surface area contributed by atoms with E-state index in [4.69, 9.17) is 5.73 Å². The maximum Gasteiger partial charge on any atom is 0.243 e. The molecular formula is C12H18N2O2S2. The molecule has 100 valence electrons. The average molecular weight is 286 g/mol. The molecule has 1 heterocycles. The molecule has 4 nitrogen and oxygen atoms in total. The largest absolute Gasteiger partial charge is 0.399 e. The molecule has 1 aliphatic rings. The van der Waals surface area contributed by atoms with E-state index in [2.05, 4.69) is 0 Å². The zero-order valence-electron chi connectivity index (χ0n) is 10.4. The van der Waals surface area contributed by atoms with Gasteiger partial charge in [0, 0.05) is 24.5 Å². The molecule has 1 aliphatic heterocycles. The van der Waals surface area contributed by atoms with Gasteiger partial charge in [-0.05, 0) is 42.9 Å². The molecule has 0 aromatic heterocycles. The van der Waals surface area contributed by atoms with E-state index >= 15 is 0 Å². The first-order valence-electron chi connectivity index (χ1n) is 5.96. The highest BCUT2D eigenvalue weighted by atomic mass is 32.2. The molecule has 0 spiro atoms. The number of nitrogen functional groups attached to an aromatic ring is 1. The van der Waals surface area contributed by atoms with Gasteiger partial charge in [-0.3, -0.25) is 0 Å². The van der Waals surface area contributed by atoms with Crippen LogP contribution in [0, 0.1) is 6.92 Å². The van der Waals surface area contributed by atoms with Crippen LogP contribution in [0.3, 0.4) is 0 Å². The number of benzene rings is 1. The molecule has 1 aromatic carbocycles. The number of nitrogens with zero attached hydrogens (tertiary/aromatic N) is 1. The van der Waals surface area contributed by atoms with Gasteiger partial charge in [0.15, 0.2) is 0 Å². The highest BCUT2D eigenvalue weighted by Gasteiger charge is 2.26. The van der Waals surface area contributed by atoms with E-state index in [9.17, 15) is 8.42 Å². The van der Waals surface area contributed by atoms with Crippen molar-refractivity contribution in [2.75, 3.05) is 30.3 Å². The number of aryl methyl sites for hydroxylation is 1. The summed E-state index contributed by atoms with van der Waals surface area (Å²) in [5.74, 6) is 1.90. The van der Waals surface area contributed by atoms with E-state index in [1.807, 2.05) is 11.8 Å². The summed E-state index contributed by atoms with van der Waals surface area (Å²) in [5, 5.41) is 0. The Bertz CT molecular complexity index is 521. The van der Waals surface area contributed by atoms with Crippen molar-refractivity contribution < 1.29 is 8.42 Å². The van der Waals surface area contributed by atoms with Crippen molar-refractivity contribution in [1.29, 1.82) is 0 Å². The Morgan fingerprint density at radius 1 is 1.28 bits per heavy atom. The number of rotatable bonds is 2. The van der Waals surface area contributed by atoms with E-state index in [0.717, 1.165) is 17.9 Å². The summed E-state index contributed by atoms with van der Waals surface area (Å²) < 4.78 is 26.7. The summed E-state index contributed by atoms with van der Waals surface area (Å²) in [6.07, 6.45) is 0.915. The molecular weight excluding hydrogens is 268 g/mol. The van der Waals surface area contributed by atoms with Crippen LogP contribution in [0.4, 0.5) is 5.69 Å². The Balaban J connectivity index is 2.34. The van der Waals surface area contributed by atoms with Gasteiger partial charge in [-0.15, -0.1) is 0 Å². The predicted molar refractivity (Wildman–Crippen MR) is 76.3 cm³/mol. The monoisotopic (exact) mass is 286 g/mol. The molecule has 0 amide bonds. The van der Waals surface area contributed by atoms with Crippen LogP contribution in [0.5, 0.6) is 0 Å². The fourth-order valence-electron chi connectivity index (χ4n) is 2.06. The Morgan fingerprint density at radius 3 is 2.78 bits per heavy atom. The van der Waals surface area contributed by atoms with Crippen LogP contribution >= 0.6 is 11.8 Å². The Labute approximate surface area is 113 Å². The van der Waals surface area contributed by atoms with Crippen molar-refractivity contribution in [3.8, 4) is 0 Å². The maximum absolute atomic E-state index is 12.5. The van der Waals surface area contributed by atoms with Gasteiger partial charge < -0.3 is 5.73 Å². The number of hydrogen-bond donors (Lipinski definition) is 1. The molecule has 18 heavy (non-hydrogen) atoms. The van der Waals surface area contributed by atoms with Crippen LogP contribution in [0.1, 0.15) is 12.0 Å². The molecule has 0 saturated carbocycles. The minimum atomic E-state index is -3.37. The lowest BCUT2D eigenvalue weighted by molar-refractivity contribution is 0.434. The minimum Gasteiger partial charge on any atom is -0.399 e. The van der Waals surface area contributed by atoms with Gasteiger partial charge in [-0.1, -0.05) is 0 Å². The lowest BCUT2D eigenvalue weighted by atomic mass is 10.2. The molecule has 0 radical (unpaired) electrons. The van der Waals surface area contributed by atoms with Crippen molar-refractivity contribution in [3.05, 3.63) is 23.8 Å². The summed E-state index contributed by atoms with van der Waals surface area (Å²) in [6, 6.07) is 4.96. The van der Waals surface area contributed by atoms with Gasteiger partial charge in [-0.2, -0.15) is 16.1 Å². The molecule has 1 fully saturated rings. The van der Waals surface area contributed by atoms with Crippen molar-refractivity contribution in [3.63, 3.8) is 0 Å². The predicted octanol–water partition coefficient (Wildman–Crippen LogP) is 1.70. The van der Waals surface area contributed by atoms with Crippen LogP contribution in [0.2, 0.25) is 0 Å². The number of anilines is 1. The fourth-order valence-corrected chi connectivity index (χ4v) is 4.75. The van der Waals surface area contributed by atoms with E-state index < -0.39 is 10.0 Å². The first kappa shape index (κ1) is 13.7. The first-order chi connectivity index (χ1) is 8.51. The first-order valence-corrected chi connectivity index (χ1v) is 8.55. The summed E-state index contributed by atoms with van der Waals surface area (Å²) in [5.41, 5.74) is 6.97. The SMILES string of the molecule is Cc1cc(N)ccc1S(=O)(=O)N1CCCSCC1. The number of hydrogen-bond acceptors (Lipinski definition) is 4. The van der Waals surface area contributed by atoms with E-state index in [0.29, 0.717) is 29.2 Å². The van der Waals surface area contributed by atoms with Crippen molar-refractivity contribution >= 4 is 27.5 Å². The normalized spacial score (nSPS) is 18.5. The molecule has 0 atom stereocenters. The van der Waals surface area contributed by atoms with E-state index in [1.54, 1.807) is 29.4 Å². The standard InChI is InChI=1S/C12H18N2O2S2/c1-10-9-11(13)3-4-12(10)18(15,16)14-5-2-7-17-8-6-14/h3-4,9H,2,5-8,13H2,1H3. The van der Waals surface area contributed by atoms with E-state index in [-0.39, 0.29) is 0 Å². The Morgan fingerprint density at radius 2 is 2.06 bits per heavy atom. The highest BCUT2D eigenvalue weighted by molar-refractivity contribution is 7.99. The number of sulfonamides is 1. The molecule has 1 aromatic rings. The minimum absolute atomic E-state index is 0.378. The Kier molecular flexibility index (Phi) is 4.19. The van der Waals surface area contributed by atoms with Gasteiger partial charge in [-0.25, -0.2) is 8.42 Å². The molecule has 0 aliphatic carbocycles. The van der Waals surface area contributed by atoms with E-state index in [1.165, 1.54) is 0 Å². The van der Waals surface area contributed by atoms with Gasteiger partial charge >= 0.3 is 0 Å². The second-order valence-electron chi connectivity index (χ2n) is 4.39. The molecule has 6 heteroatoms. The number of nitrogens with two attached hydrogens (primary N) is 1. The maximum atomic E-state index is 12.5. The second-order valence-corrected chi connectivity index (χ2v) is 7.53. The van der Waals surface area contributed by atoms with Gasteiger partial charge in [0.2, 0.25) is 10.0 Å². The van der Waals surface area contributed by atoms with Gasteiger partial charge in [0.05, 0.1) is 4.90 Å². The van der Waals surface area contributed by atoms with Crippen LogP contribution in [0.15, 0.2) is 23.1 Å². The topological polar surface area (TPSA) is 63.4 Å². The zero-order chi connectivity index (χ0) is 13.2. The smallest absolute Gasteiger partial charge is 0.243 e. The van der Waals surface area contributed by atoms with Gasteiger partial charge in [0.1, 0.15) is 0 Å². The van der Waals surface area contributed by atoms with Crippen LogP contribution in [0.25, 0.3) is 0 Å².